The van der Waals surface area contributed by atoms with Crippen molar-refractivity contribution < 1.29 is 14.6 Å². The van der Waals surface area contributed by atoms with Crippen molar-refractivity contribution in [3.05, 3.63) is 53.1 Å². The maximum absolute atomic E-state index is 12.1. The maximum atomic E-state index is 12.1. The third kappa shape index (κ3) is 5.69. The lowest BCUT2D eigenvalue weighted by Gasteiger charge is -2.14. The van der Waals surface area contributed by atoms with E-state index in [1.165, 1.54) is 12.3 Å². The highest BCUT2D eigenvalue weighted by atomic mass is 35.5. The predicted molar refractivity (Wildman–Crippen MR) is 99.5 cm³/mol. The molecule has 2 aromatic rings. The van der Waals surface area contributed by atoms with Gasteiger partial charge in [-0.1, -0.05) is 11.6 Å². The molecule has 3 N–H and O–H groups in total. The summed E-state index contributed by atoms with van der Waals surface area (Å²) in [6.07, 6.45) is 1.34. The van der Waals surface area contributed by atoms with Crippen molar-refractivity contribution in [1.29, 1.82) is 0 Å². The Labute approximate surface area is 151 Å². The van der Waals surface area contributed by atoms with Gasteiger partial charge >= 0.3 is 0 Å². The van der Waals surface area contributed by atoms with Crippen molar-refractivity contribution in [1.82, 2.24) is 5.43 Å². The molecule has 0 bridgehead atoms. The first kappa shape index (κ1) is 18.6. The van der Waals surface area contributed by atoms with Crippen LogP contribution in [0.2, 0.25) is 5.02 Å². The van der Waals surface area contributed by atoms with E-state index in [2.05, 4.69) is 15.8 Å². The molecule has 0 fully saturated rings. The summed E-state index contributed by atoms with van der Waals surface area (Å²) in [6.45, 7) is 4.24. The molecule has 2 aromatic carbocycles. The molecule has 1 amide bonds. The highest BCUT2D eigenvalue weighted by Crippen LogP contribution is 2.19. The Balaban J connectivity index is 1.89. The molecule has 1 unspecified atom stereocenters. The Kier molecular flexibility index (Phi) is 6.65. The van der Waals surface area contributed by atoms with Gasteiger partial charge in [-0.2, -0.15) is 5.10 Å². The normalized spacial score (nSPS) is 12.0. The highest BCUT2D eigenvalue weighted by molar-refractivity contribution is 6.30. The first-order valence-corrected chi connectivity index (χ1v) is 8.18. The van der Waals surface area contributed by atoms with E-state index < -0.39 is 6.04 Å². The largest absolute Gasteiger partial charge is 0.507 e. The second-order valence-corrected chi connectivity index (χ2v) is 5.70. The number of hydrogen-bond donors (Lipinski definition) is 3. The zero-order chi connectivity index (χ0) is 18.2. The molecule has 6 nitrogen and oxygen atoms in total. The molecule has 0 heterocycles. The second kappa shape index (κ2) is 8.94. The number of hydrazone groups is 1. The van der Waals surface area contributed by atoms with Crippen LogP contribution in [0.15, 0.2) is 47.6 Å². The number of halogens is 1. The highest BCUT2D eigenvalue weighted by Gasteiger charge is 2.11. The van der Waals surface area contributed by atoms with E-state index in [1.807, 2.05) is 31.2 Å². The first-order valence-electron chi connectivity index (χ1n) is 7.80. The SMILES string of the molecule is CCOc1ccc(NC(C)C(=O)NN=Cc2cc(Cl)ccc2O)cc1. The summed E-state index contributed by atoms with van der Waals surface area (Å²) in [5.74, 6) is 0.491. The standard InChI is InChI=1S/C18H20ClN3O3/c1-3-25-16-7-5-15(6-8-16)21-12(2)18(24)22-20-11-13-10-14(19)4-9-17(13)23/h4-12,21,23H,3H2,1-2H3,(H,22,24). The summed E-state index contributed by atoms with van der Waals surface area (Å²) in [5, 5.41) is 17.1. The molecular weight excluding hydrogens is 342 g/mol. The number of hydrogen-bond acceptors (Lipinski definition) is 5. The van der Waals surface area contributed by atoms with Crippen molar-refractivity contribution in [2.75, 3.05) is 11.9 Å². The topological polar surface area (TPSA) is 83.0 Å². The number of aromatic hydroxyl groups is 1. The van der Waals surface area contributed by atoms with E-state index in [0.29, 0.717) is 17.2 Å². The smallest absolute Gasteiger partial charge is 0.262 e. The van der Waals surface area contributed by atoms with Gasteiger partial charge in [0.2, 0.25) is 0 Å². The minimum absolute atomic E-state index is 0.0305. The van der Waals surface area contributed by atoms with Gasteiger partial charge in [0.15, 0.2) is 0 Å². The van der Waals surface area contributed by atoms with Crippen LogP contribution in [-0.4, -0.2) is 29.9 Å². The zero-order valence-electron chi connectivity index (χ0n) is 14.0. The Morgan fingerprint density at radius 1 is 1.32 bits per heavy atom. The van der Waals surface area contributed by atoms with Gasteiger partial charge in [0.05, 0.1) is 12.8 Å². The van der Waals surface area contributed by atoms with Gasteiger partial charge in [-0.25, -0.2) is 5.43 Å². The summed E-state index contributed by atoms with van der Waals surface area (Å²) >= 11 is 5.85. The molecule has 0 aliphatic rings. The fourth-order valence-electron chi connectivity index (χ4n) is 2.02. The van der Waals surface area contributed by atoms with Crippen molar-refractivity contribution in [3.63, 3.8) is 0 Å². The van der Waals surface area contributed by atoms with Crippen molar-refractivity contribution in [2.24, 2.45) is 5.10 Å². The third-order valence-electron chi connectivity index (χ3n) is 3.31. The Morgan fingerprint density at radius 2 is 2.04 bits per heavy atom. The van der Waals surface area contributed by atoms with Crippen molar-refractivity contribution in [3.8, 4) is 11.5 Å². The number of amides is 1. The molecule has 0 aromatic heterocycles. The van der Waals surface area contributed by atoms with Gasteiger partial charge in [-0.3, -0.25) is 4.79 Å². The summed E-state index contributed by atoms with van der Waals surface area (Å²) in [5.41, 5.74) is 3.63. The number of ether oxygens (including phenoxy) is 1. The van der Waals surface area contributed by atoms with E-state index >= 15 is 0 Å². The van der Waals surface area contributed by atoms with E-state index in [-0.39, 0.29) is 11.7 Å². The van der Waals surface area contributed by atoms with Crippen molar-refractivity contribution in [2.45, 2.75) is 19.9 Å². The van der Waals surface area contributed by atoms with Gasteiger partial charge in [0, 0.05) is 16.3 Å². The average molecular weight is 362 g/mol. The molecule has 25 heavy (non-hydrogen) atoms. The molecule has 0 aliphatic carbocycles. The van der Waals surface area contributed by atoms with E-state index in [9.17, 15) is 9.90 Å². The van der Waals surface area contributed by atoms with Gasteiger partial charge in [-0.05, 0) is 56.3 Å². The Morgan fingerprint density at radius 3 is 2.72 bits per heavy atom. The number of phenols is 1. The van der Waals surface area contributed by atoms with Crippen LogP contribution < -0.4 is 15.5 Å². The third-order valence-corrected chi connectivity index (χ3v) is 3.54. The number of rotatable bonds is 7. The number of nitrogens with one attached hydrogen (secondary N) is 2. The quantitative estimate of drug-likeness (QED) is 0.521. The summed E-state index contributed by atoms with van der Waals surface area (Å²) in [4.78, 5) is 12.1. The summed E-state index contributed by atoms with van der Waals surface area (Å²) in [6, 6.07) is 11.4. The molecule has 0 radical (unpaired) electrons. The van der Waals surface area contributed by atoms with Crippen LogP contribution >= 0.6 is 11.6 Å². The van der Waals surface area contributed by atoms with Crippen LogP contribution in [0.1, 0.15) is 19.4 Å². The second-order valence-electron chi connectivity index (χ2n) is 5.26. The molecule has 0 saturated carbocycles. The number of anilines is 1. The minimum atomic E-state index is -0.497. The number of phenolic OH excluding ortho intramolecular Hbond substituents is 1. The van der Waals surface area contributed by atoms with Gasteiger partial charge in [-0.15, -0.1) is 0 Å². The molecule has 0 saturated heterocycles. The first-order chi connectivity index (χ1) is 12.0. The van der Waals surface area contributed by atoms with E-state index in [4.69, 9.17) is 16.3 Å². The number of benzene rings is 2. The van der Waals surface area contributed by atoms with Crippen LogP contribution in [-0.2, 0) is 4.79 Å². The van der Waals surface area contributed by atoms with Gasteiger partial charge in [0.25, 0.3) is 5.91 Å². The molecule has 0 aliphatic heterocycles. The monoisotopic (exact) mass is 361 g/mol. The molecule has 7 heteroatoms. The predicted octanol–water partition coefficient (Wildman–Crippen LogP) is 3.40. The lowest BCUT2D eigenvalue weighted by Crippen LogP contribution is -2.34. The van der Waals surface area contributed by atoms with Gasteiger partial charge < -0.3 is 15.2 Å². The Bertz CT molecular complexity index is 748. The van der Waals surface area contributed by atoms with E-state index in [0.717, 1.165) is 11.4 Å². The zero-order valence-corrected chi connectivity index (χ0v) is 14.7. The van der Waals surface area contributed by atoms with Gasteiger partial charge in [0.1, 0.15) is 17.5 Å². The van der Waals surface area contributed by atoms with Crippen LogP contribution in [0.5, 0.6) is 11.5 Å². The lowest BCUT2D eigenvalue weighted by atomic mass is 10.2. The fraction of sp³-hybridized carbons (Fsp3) is 0.222. The minimum Gasteiger partial charge on any atom is -0.507 e. The lowest BCUT2D eigenvalue weighted by molar-refractivity contribution is -0.121. The molecule has 1 atom stereocenters. The Hall–Kier alpha value is -2.73. The van der Waals surface area contributed by atoms with Crippen LogP contribution in [0, 0.1) is 0 Å². The summed E-state index contributed by atoms with van der Waals surface area (Å²) in [7, 11) is 0. The molecule has 0 spiro atoms. The summed E-state index contributed by atoms with van der Waals surface area (Å²) < 4.78 is 5.37. The van der Waals surface area contributed by atoms with Crippen LogP contribution in [0.4, 0.5) is 5.69 Å². The molecular formula is C18H20ClN3O3. The number of nitrogens with zero attached hydrogens (tertiary/aromatic N) is 1. The molecule has 132 valence electrons. The average Bonchev–Trinajstić information content (AvgIpc) is 2.59. The number of carbonyl (C=O) groups excluding carboxylic acids is 1. The maximum Gasteiger partial charge on any atom is 0.262 e. The van der Waals surface area contributed by atoms with Crippen LogP contribution in [0.25, 0.3) is 0 Å². The van der Waals surface area contributed by atoms with E-state index in [1.54, 1.807) is 19.1 Å². The number of carbonyl (C=O) groups is 1. The fourth-order valence-corrected chi connectivity index (χ4v) is 2.20. The van der Waals surface area contributed by atoms with Crippen molar-refractivity contribution >= 4 is 29.4 Å². The molecule has 2 rings (SSSR count). The van der Waals surface area contributed by atoms with Crippen LogP contribution in [0.3, 0.4) is 0 Å².